The van der Waals surface area contributed by atoms with E-state index < -0.39 is 0 Å². The normalized spacial score (nSPS) is 12.1. The fourth-order valence-electron chi connectivity index (χ4n) is 2.42. The zero-order valence-corrected chi connectivity index (χ0v) is 13.6. The largest absolute Gasteiger partial charge is 0.344 e. The van der Waals surface area contributed by atoms with E-state index in [1.807, 2.05) is 48.1 Å². The van der Waals surface area contributed by atoms with E-state index in [1.165, 1.54) is 10.8 Å². The first kappa shape index (κ1) is 15.8. The fourth-order valence-corrected chi connectivity index (χ4v) is 2.42. The summed E-state index contributed by atoms with van der Waals surface area (Å²) in [6.45, 7) is 2.55. The Hall–Kier alpha value is -3.09. The summed E-state index contributed by atoms with van der Waals surface area (Å²) in [5, 5.41) is 7.19. The van der Waals surface area contributed by atoms with E-state index in [0.717, 1.165) is 11.1 Å². The van der Waals surface area contributed by atoms with Crippen LogP contribution in [0.3, 0.4) is 0 Å². The second-order valence-corrected chi connectivity index (χ2v) is 5.74. The molecular weight excluding hydrogens is 306 g/mol. The summed E-state index contributed by atoms with van der Waals surface area (Å²) in [4.78, 5) is 26.1. The lowest BCUT2D eigenvalue weighted by molar-refractivity contribution is 0.0935. The lowest BCUT2D eigenvalue weighted by atomic mass is 10.2. The molecule has 0 saturated heterocycles. The number of hydrogen-bond acceptors (Lipinski definition) is 3. The van der Waals surface area contributed by atoms with Gasteiger partial charge in [-0.15, -0.1) is 0 Å². The summed E-state index contributed by atoms with van der Waals surface area (Å²) in [6.07, 6.45) is 5.12. The van der Waals surface area contributed by atoms with Crippen LogP contribution in [-0.2, 0) is 13.6 Å². The van der Waals surface area contributed by atoms with Gasteiger partial charge in [-0.05, 0) is 12.5 Å². The van der Waals surface area contributed by atoms with Crippen LogP contribution in [-0.4, -0.2) is 25.2 Å². The van der Waals surface area contributed by atoms with Crippen molar-refractivity contribution >= 4 is 5.91 Å². The number of nitrogens with one attached hydrogen (secondary N) is 2. The Morgan fingerprint density at radius 3 is 2.71 bits per heavy atom. The molecule has 0 bridgehead atoms. The number of rotatable bonds is 5. The third-order valence-corrected chi connectivity index (χ3v) is 3.82. The molecule has 0 aliphatic heterocycles. The number of nitrogens with zero attached hydrogens (tertiary/aromatic N) is 3. The first-order chi connectivity index (χ1) is 11.5. The molecule has 1 amide bonds. The Morgan fingerprint density at radius 2 is 2.04 bits per heavy atom. The number of amides is 1. The molecule has 0 fully saturated rings. The van der Waals surface area contributed by atoms with Gasteiger partial charge in [0.2, 0.25) is 0 Å². The molecule has 7 heteroatoms. The van der Waals surface area contributed by atoms with Crippen LogP contribution in [0.25, 0.3) is 0 Å². The standard InChI is InChI=1S/C17H19N5O2/c1-12(19-16(23)15-11-21(2)17(24)20-15)14-8-18-22(10-14)9-13-6-4-3-5-7-13/h3-8,10-12H,9H2,1-2H3,(H,19,23)(H,20,24). The van der Waals surface area contributed by atoms with E-state index >= 15 is 0 Å². The first-order valence-electron chi connectivity index (χ1n) is 7.65. The van der Waals surface area contributed by atoms with E-state index in [0.29, 0.717) is 6.54 Å². The molecule has 3 rings (SSSR count). The van der Waals surface area contributed by atoms with Crippen LogP contribution in [0.5, 0.6) is 0 Å². The van der Waals surface area contributed by atoms with Gasteiger partial charge in [0.05, 0.1) is 18.8 Å². The summed E-state index contributed by atoms with van der Waals surface area (Å²) >= 11 is 0. The second-order valence-electron chi connectivity index (χ2n) is 5.74. The zero-order chi connectivity index (χ0) is 17.1. The lowest BCUT2D eigenvalue weighted by Crippen LogP contribution is -2.27. The maximum absolute atomic E-state index is 12.2. The third-order valence-electron chi connectivity index (χ3n) is 3.82. The molecule has 7 nitrogen and oxygen atoms in total. The molecule has 2 heterocycles. The van der Waals surface area contributed by atoms with Crippen LogP contribution >= 0.6 is 0 Å². The van der Waals surface area contributed by atoms with Gasteiger partial charge in [0, 0.05) is 25.0 Å². The zero-order valence-electron chi connectivity index (χ0n) is 13.6. The molecule has 0 aliphatic carbocycles. The predicted molar refractivity (Wildman–Crippen MR) is 89.7 cm³/mol. The monoisotopic (exact) mass is 325 g/mol. The highest BCUT2D eigenvalue weighted by molar-refractivity contribution is 5.92. The number of aromatic amines is 1. The summed E-state index contributed by atoms with van der Waals surface area (Å²) in [5.41, 5.74) is 1.98. The number of aromatic nitrogens is 4. The Balaban J connectivity index is 1.66. The van der Waals surface area contributed by atoms with Crippen molar-refractivity contribution < 1.29 is 4.79 Å². The minimum absolute atomic E-state index is 0.217. The number of hydrogen-bond donors (Lipinski definition) is 2. The molecule has 2 aromatic heterocycles. The molecule has 0 saturated carbocycles. The van der Waals surface area contributed by atoms with Crippen molar-refractivity contribution in [2.45, 2.75) is 19.5 Å². The van der Waals surface area contributed by atoms with Crippen molar-refractivity contribution in [3.8, 4) is 0 Å². The first-order valence-corrected chi connectivity index (χ1v) is 7.65. The van der Waals surface area contributed by atoms with Crippen molar-refractivity contribution in [2.24, 2.45) is 7.05 Å². The summed E-state index contributed by atoms with van der Waals surface area (Å²) in [6, 6.07) is 9.82. The summed E-state index contributed by atoms with van der Waals surface area (Å²) in [5.74, 6) is -0.323. The highest BCUT2D eigenvalue weighted by Crippen LogP contribution is 2.12. The number of benzene rings is 1. The maximum Gasteiger partial charge on any atom is 0.325 e. The van der Waals surface area contributed by atoms with Gasteiger partial charge in [0.1, 0.15) is 5.69 Å². The summed E-state index contributed by atoms with van der Waals surface area (Å²) in [7, 11) is 1.59. The van der Waals surface area contributed by atoms with Gasteiger partial charge in [-0.3, -0.25) is 9.48 Å². The highest BCUT2D eigenvalue weighted by atomic mass is 16.2. The number of carbonyl (C=O) groups is 1. The van der Waals surface area contributed by atoms with Crippen LogP contribution in [0, 0.1) is 0 Å². The summed E-state index contributed by atoms with van der Waals surface area (Å²) < 4.78 is 3.16. The topological polar surface area (TPSA) is 84.7 Å². The average Bonchev–Trinajstić information content (AvgIpc) is 3.16. The van der Waals surface area contributed by atoms with Crippen molar-refractivity contribution in [1.82, 2.24) is 24.6 Å². The molecule has 124 valence electrons. The van der Waals surface area contributed by atoms with E-state index in [2.05, 4.69) is 15.4 Å². The van der Waals surface area contributed by atoms with Crippen LogP contribution in [0.2, 0.25) is 0 Å². The van der Waals surface area contributed by atoms with E-state index in [9.17, 15) is 9.59 Å². The van der Waals surface area contributed by atoms with Crippen molar-refractivity contribution in [3.05, 3.63) is 76.2 Å². The Kier molecular flexibility index (Phi) is 4.33. The van der Waals surface area contributed by atoms with Gasteiger partial charge in [-0.25, -0.2) is 4.79 Å². The predicted octanol–water partition coefficient (Wildman–Crippen LogP) is 1.45. The van der Waals surface area contributed by atoms with Crippen LogP contribution in [0.4, 0.5) is 0 Å². The molecule has 0 spiro atoms. The maximum atomic E-state index is 12.2. The minimum Gasteiger partial charge on any atom is -0.344 e. The molecule has 2 N–H and O–H groups in total. The Bertz CT molecular complexity index is 891. The number of H-pyrrole nitrogens is 1. The third kappa shape index (κ3) is 3.45. The van der Waals surface area contributed by atoms with E-state index in [1.54, 1.807) is 13.2 Å². The molecule has 0 aliphatic rings. The van der Waals surface area contributed by atoms with Crippen LogP contribution < -0.4 is 11.0 Å². The van der Waals surface area contributed by atoms with Gasteiger partial charge >= 0.3 is 5.69 Å². The van der Waals surface area contributed by atoms with E-state index in [4.69, 9.17) is 0 Å². The van der Waals surface area contributed by atoms with Crippen molar-refractivity contribution in [1.29, 1.82) is 0 Å². The number of aryl methyl sites for hydroxylation is 1. The number of imidazole rings is 1. The quantitative estimate of drug-likeness (QED) is 0.744. The second kappa shape index (κ2) is 6.57. The Labute approximate surface area is 138 Å². The Morgan fingerprint density at radius 1 is 1.29 bits per heavy atom. The van der Waals surface area contributed by atoms with Crippen molar-refractivity contribution in [3.63, 3.8) is 0 Å². The minimum atomic E-state index is -0.323. The molecule has 24 heavy (non-hydrogen) atoms. The van der Waals surface area contributed by atoms with Crippen LogP contribution in [0.1, 0.15) is 34.6 Å². The lowest BCUT2D eigenvalue weighted by Gasteiger charge is -2.11. The van der Waals surface area contributed by atoms with E-state index in [-0.39, 0.29) is 23.3 Å². The molecule has 1 unspecified atom stereocenters. The fraction of sp³-hybridized carbons (Fsp3) is 0.235. The van der Waals surface area contributed by atoms with Gasteiger partial charge in [0.25, 0.3) is 5.91 Å². The highest BCUT2D eigenvalue weighted by Gasteiger charge is 2.15. The molecule has 1 aromatic carbocycles. The average molecular weight is 325 g/mol. The number of carbonyl (C=O) groups excluding carboxylic acids is 1. The van der Waals surface area contributed by atoms with Gasteiger partial charge in [-0.2, -0.15) is 5.10 Å². The van der Waals surface area contributed by atoms with Crippen LogP contribution in [0.15, 0.2) is 53.7 Å². The molecule has 0 radical (unpaired) electrons. The molecule has 3 aromatic rings. The molecule has 1 atom stereocenters. The smallest absolute Gasteiger partial charge is 0.325 e. The van der Waals surface area contributed by atoms with Gasteiger partial charge < -0.3 is 14.9 Å². The van der Waals surface area contributed by atoms with Crippen molar-refractivity contribution in [2.75, 3.05) is 0 Å². The SMILES string of the molecule is CC(NC(=O)c1cn(C)c(=O)[nH]1)c1cnn(Cc2ccccc2)c1. The molecular formula is C17H19N5O2. The van der Waals surface area contributed by atoms with Gasteiger partial charge in [-0.1, -0.05) is 30.3 Å². The van der Waals surface area contributed by atoms with Gasteiger partial charge in [0.15, 0.2) is 0 Å².